The van der Waals surface area contributed by atoms with Crippen LogP contribution < -0.4 is 15.7 Å². The molecule has 1 N–H and O–H groups in total. The maximum absolute atomic E-state index is 13.2. The Hall–Kier alpha value is -3.13. The number of rotatable bonds is 6. The lowest BCUT2D eigenvalue weighted by atomic mass is 10.1. The molecule has 7 nitrogen and oxygen atoms in total. The van der Waals surface area contributed by atoms with Crippen LogP contribution in [0.2, 0.25) is 10.0 Å². The number of nitrogens with zero attached hydrogens (tertiary/aromatic N) is 4. The van der Waals surface area contributed by atoms with E-state index in [1.165, 1.54) is 25.5 Å². The predicted octanol–water partition coefficient (Wildman–Crippen LogP) is 5.16. The molecule has 0 bridgehead atoms. The molecule has 0 amide bonds. The Kier molecular flexibility index (Phi) is 6.41. The minimum Gasteiger partial charge on any atom is -0.412 e. The van der Waals surface area contributed by atoms with Crippen molar-refractivity contribution in [2.24, 2.45) is 0 Å². The largest absolute Gasteiger partial charge is 0.412 e. The summed E-state index contributed by atoms with van der Waals surface area (Å²) in [7, 11) is 1.41. The van der Waals surface area contributed by atoms with Crippen LogP contribution in [0.25, 0.3) is 22.2 Å². The number of anilines is 2. The van der Waals surface area contributed by atoms with Gasteiger partial charge in [-0.25, -0.2) is 4.98 Å². The van der Waals surface area contributed by atoms with Crippen molar-refractivity contribution in [3.8, 4) is 11.1 Å². The Morgan fingerprint density at radius 1 is 1.06 bits per heavy atom. The fourth-order valence-electron chi connectivity index (χ4n) is 4.31. The summed E-state index contributed by atoms with van der Waals surface area (Å²) in [6.07, 6.45) is 4.16. The molecule has 9 heteroatoms. The van der Waals surface area contributed by atoms with Gasteiger partial charge in [-0.3, -0.25) is 9.69 Å². The van der Waals surface area contributed by atoms with Crippen molar-refractivity contribution in [1.29, 1.82) is 0 Å². The van der Waals surface area contributed by atoms with E-state index in [1.807, 2.05) is 12.1 Å². The predicted molar refractivity (Wildman–Crippen MR) is 136 cm³/mol. The lowest BCUT2D eigenvalue weighted by Gasteiger charge is -2.15. The molecule has 2 aromatic carbocycles. The highest BCUT2D eigenvalue weighted by molar-refractivity contribution is 6.39. The van der Waals surface area contributed by atoms with Gasteiger partial charge in [0.2, 0.25) is 5.95 Å². The summed E-state index contributed by atoms with van der Waals surface area (Å²) in [6.45, 7) is 3.20. The summed E-state index contributed by atoms with van der Waals surface area (Å²) in [5.41, 5.74) is 2.78. The fourth-order valence-corrected chi connectivity index (χ4v) is 4.91. The van der Waals surface area contributed by atoms with Gasteiger partial charge in [0, 0.05) is 29.4 Å². The van der Waals surface area contributed by atoms with E-state index in [2.05, 4.69) is 32.3 Å². The van der Waals surface area contributed by atoms with Crippen molar-refractivity contribution in [3.05, 3.63) is 80.7 Å². The second-order valence-corrected chi connectivity index (χ2v) is 9.03. The first kappa shape index (κ1) is 22.7. The first-order valence-corrected chi connectivity index (χ1v) is 11.8. The van der Waals surface area contributed by atoms with Crippen molar-refractivity contribution < 1.29 is 4.84 Å². The Bertz CT molecular complexity index is 1400. The minimum absolute atomic E-state index is 0.309. The van der Waals surface area contributed by atoms with E-state index in [0.717, 1.165) is 30.1 Å². The third-order valence-corrected chi connectivity index (χ3v) is 6.54. The Morgan fingerprint density at radius 2 is 1.79 bits per heavy atom. The lowest BCUT2D eigenvalue weighted by molar-refractivity contribution is 0.168. The standard InChI is InChI=1S/C25H23Cl2N5O2/c1-34-32-23-17(13-19(24(32)33)22-20(26)8-5-9-21(22)27)14-28-25(30-23)29-18-7-4-6-16(12-18)15-31-10-2-3-11-31/h4-9,12-14H,2-3,10-11,15H2,1H3,(H,28,29,30). The van der Waals surface area contributed by atoms with Crippen LogP contribution in [0.15, 0.2) is 59.5 Å². The van der Waals surface area contributed by atoms with E-state index >= 15 is 0 Å². The third-order valence-electron chi connectivity index (χ3n) is 5.91. The molecule has 3 heterocycles. The molecule has 5 rings (SSSR count). The van der Waals surface area contributed by atoms with E-state index in [4.69, 9.17) is 28.0 Å². The summed E-state index contributed by atoms with van der Waals surface area (Å²) in [6, 6.07) is 15.0. The summed E-state index contributed by atoms with van der Waals surface area (Å²) >= 11 is 12.7. The molecule has 0 atom stereocenters. The van der Waals surface area contributed by atoms with Crippen LogP contribution in [0.1, 0.15) is 18.4 Å². The smallest absolute Gasteiger partial charge is 0.293 e. The molecule has 174 valence electrons. The van der Waals surface area contributed by atoms with Gasteiger partial charge in [0.15, 0.2) is 5.65 Å². The summed E-state index contributed by atoms with van der Waals surface area (Å²) < 4.78 is 1.13. The van der Waals surface area contributed by atoms with Crippen LogP contribution in [-0.4, -0.2) is 39.8 Å². The maximum atomic E-state index is 13.2. The van der Waals surface area contributed by atoms with E-state index in [-0.39, 0.29) is 0 Å². The van der Waals surface area contributed by atoms with Crippen LogP contribution in [0.4, 0.5) is 11.6 Å². The zero-order chi connectivity index (χ0) is 23.7. The molecule has 0 saturated carbocycles. The van der Waals surface area contributed by atoms with E-state index < -0.39 is 5.56 Å². The molecule has 0 spiro atoms. The quantitative estimate of drug-likeness (QED) is 0.398. The Balaban J connectivity index is 1.50. The van der Waals surface area contributed by atoms with E-state index in [9.17, 15) is 4.79 Å². The average molecular weight is 496 g/mol. The van der Waals surface area contributed by atoms with Crippen molar-refractivity contribution in [1.82, 2.24) is 19.6 Å². The van der Waals surface area contributed by atoms with Gasteiger partial charge in [-0.1, -0.05) is 41.4 Å². The number of benzene rings is 2. The SMILES string of the molecule is COn1c(=O)c(-c2c(Cl)cccc2Cl)cc2cnc(Nc3cccc(CN4CCCC4)c3)nc21. The number of aromatic nitrogens is 3. The second-order valence-electron chi connectivity index (χ2n) is 8.22. The highest BCUT2D eigenvalue weighted by Gasteiger charge is 2.18. The lowest BCUT2D eigenvalue weighted by Crippen LogP contribution is -2.27. The zero-order valence-corrected chi connectivity index (χ0v) is 20.1. The van der Waals surface area contributed by atoms with Gasteiger partial charge < -0.3 is 10.2 Å². The molecule has 0 aliphatic carbocycles. The molecule has 34 heavy (non-hydrogen) atoms. The van der Waals surface area contributed by atoms with Gasteiger partial charge in [0.1, 0.15) is 7.11 Å². The van der Waals surface area contributed by atoms with Crippen LogP contribution in [0, 0.1) is 0 Å². The molecular formula is C25H23Cl2N5O2. The number of likely N-dealkylation sites (tertiary alicyclic amines) is 1. The molecule has 1 aliphatic rings. The number of halogens is 2. The zero-order valence-electron chi connectivity index (χ0n) is 18.6. The number of nitrogens with one attached hydrogen (secondary N) is 1. The number of fused-ring (bicyclic) bond motifs is 1. The molecular weight excluding hydrogens is 473 g/mol. The van der Waals surface area contributed by atoms with Crippen LogP contribution in [-0.2, 0) is 6.54 Å². The van der Waals surface area contributed by atoms with Crippen LogP contribution in [0.5, 0.6) is 0 Å². The molecule has 2 aromatic heterocycles. The topological polar surface area (TPSA) is 72.3 Å². The molecule has 4 aromatic rings. The first-order chi connectivity index (χ1) is 16.5. The van der Waals surface area contributed by atoms with Gasteiger partial charge >= 0.3 is 0 Å². The van der Waals surface area contributed by atoms with Crippen molar-refractivity contribution in [3.63, 3.8) is 0 Å². The van der Waals surface area contributed by atoms with Gasteiger partial charge in [-0.15, -0.1) is 4.73 Å². The average Bonchev–Trinajstić information content (AvgIpc) is 3.33. The van der Waals surface area contributed by atoms with E-state index in [1.54, 1.807) is 30.5 Å². The molecule has 0 radical (unpaired) electrons. The van der Waals surface area contributed by atoms with Crippen molar-refractivity contribution in [2.75, 3.05) is 25.5 Å². The van der Waals surface area contributed by atoms with Gasteiger partial charge in [0.25, 0.3) is 5.56 Å². The van der Waals surface area contributed by atoms with E-state index in [0.29, 0.717) is 38.2 Å². The minimum atomic E-state index is -0.415. The summed E-state index contributed by atoms with van der Waals surface area (Å²) in [5.74, 6) is 0.361. The number of hydrogen-bond donors (Lipinski definition) is 1. The number of pyridine rings is 1. The Labute approximate surface area is 206 Å². The summed E-state index contributed by atoms with van der Waals surface area (Å²) in [5, 5.41) is 4.60. The summed E-state index contributed by atoms with van der Waals surface area (Å²) in [4.78, 5) is 30.1. The maximum Gasteiger partial charge on any atom is 0.293 e. The normalized spacial score (nSPS) is 14.0. The van der Waals surface area contributed by atoms with Gasteiger partial charge in [0.05, 0.1) is 15.6 Å². The second kappa shape index (κ2) is 9.62. The fraction of sp³-hybridized carbons (Fsp3) is 0.240. The van der Waals surface area contributed by atoms with Crippen LogP contribution >= 0.6 is 23.2 Å². The van der Waals surface area contributed by atoms with Gasteiger partial charge in [-0.05, 0) is 61.8 Å². The molecule has 1 fully saturated rings. The first-order valence-electron chi connectivity index (χ1n) is 11.0. The molecule has 0 unspecified atom stereocenters. The highest BCUT2D eigenvalue weighted by atomic mass is 35.5. The third kappa shape index (κ3) is 4.46. The Morgan fingerprint density at radius 3 is 2.53 bits per heavy atom. The monoisotopic (exact) mass is 495 g/mol. The van der Waals surface area contributed by atoms with Crippen LogP contribution in [0.3, 0.4) is 0 Å². The molecule has 1 saturated heterocycles. The molecule has 1 aliphatic heterocycles. The van der Waals surface area contributed by atoms with Gasteiger partial charge in [-0.2, -0.15) is 4.98 Å². The van der Waals surface area contributed by atoms with Crippen molar-refractivity contribution in [2.45, 2.75) is 19.4 Å². The highest BCUT2D eigenvalue weighted by Crippen LogP contribution is 2.33. The van der Waals surface area contributed by atoms with Crippen molar-refractivity contribution >= 4 is 45.9 Å². The number of hydrogen-bond acceptors (Lipinski definition) is 6.